The van der Waals surface area contributed by atoms with Gasteiger partial charge in [-0.2, -0.15) is 0 Å². The number of halogens is 3. The third-order valence-electron chi connectivity index (χ3n) is 2.50. The van der Waals surface area contributed by atoms with Gasteiger partial charge in [0.25, 0.3) is 0 Å². The second-order valence-electron chi connectivity index (χ2n) is 4.45. The molecule has 0 bridgehead atoms. The van der Waals surface area contributed by atoms with Gasteiger partial charge >= 0.3 is 6.36 Å². The van der Waals surface area contributed by atoms with Crippen molar-refractivity contribution in [3.05, 3.63) is 29.8 Å². The Balaban J connectivity index is 2.57. The maximum atomic E-state index is 12.2. The van der Waals surface area contributed by atoms with Crippen LogP contribution in [0.4, 0.5) is 13.2 Å². The summed E-state index contributed by atoms with van der Waals surface area (Å²) in [5.41, 5.74) is 5.78. The fraction of sp³-hybridized carbons (Fsp3) is 0.462. The number of benzene rings is 1. The van der Waals surface area contributed by atoms with Crippen LogP contribution < -0.4 is 15.8 Å². The minimum Gasteiger partial charge on any atom is -0.405 e. The van der Waals surface area contributed by atoms with Crippen molar-refractivity contribution < 1.29 is 22.7 Å². The molecule has 1 amide bonds. The largest absolute Gasteiger partial charge is 0.573 e. The number of nitrogens with one attached hydrogen (secondary N) is 1. The van der Waals surface area contributed by atoms with Crippen molar-refractivity contribution in [1.29, 1.82) is 0 Å². The van der Waals surface area contributed by atoms with Crippen LogP contribution in [0.15, 0.2) is 24.3 Å². The first-order chi connectivity index (χ1) is 9.28. The zero-order valence-electron chi connectivity index (χ0n) is 11.0. The predicted molar refractivity (Wildman–Crippen MR) is 67.9 cm³/mol. The highest BCUT2D eigenvalue weighted by atomic mass is 19.4. The van der Waals surface area contributed by atoms with Gasteiger partial charge in [0.1, 0.15) is 5.75 Å². The quantitative estimate of drug-likeness (QED) is 0.845. The summed E-state index contributed by atoms with van der Waals surface area (Å²) in [4.78, 5) is 11.5. The van der Waals surface area contributed by atoms with Gasteiger partial charge in [-0.25, -0.2) is 0 Å². The standard InChI is InChI=1S/C13H17F3N2O2/c1-9(17)6-7-12(19)18-8-10-4-2-3-5-11(10)20-13(14,15)16/h2-5,9H,6-8,17H2,1H3,(H,18,19). The van der Waals surface area contributed by atoms with E-state index in [9.17, 15) is 18.0 Å². The molecule has 0 aliphatic carbocycles. The van der Waals surface area contributed by atoms with Gasteiger partial charge in [-0.05, 0) is 19.4 Å². The Morgan fingerprint density at radius 3 is 2.65 bits per heavy atom. The number of hydrogen-bond acceptors (Lipinski definition) is 3. The molecular formula is C13H17F3N2O2. The monoisotopic (exact) mass is 290 g/mol. The van der Waals surface area contributed by atoms with Crippen LogP contribution >= 0.6 is 0 Å². The zero-order chi connectivity index (χ0) is 15.2. The highest BCUT2D eigenvalue weighted by Gasteiger charge is 2.31. The molecule has 1 atom stereocenters. The third kappa shape index (κ3) is 6.42. The molecule has 20 heavy (non-hydrogen) atoms. The predicted octanol–water partition coefficient (Wildman–Crippen LogP) is 2.33. The number of carbonyl (C=O) groups is 1. The lowest BCUT2D eigenvalue weighted by molar-refractivity contribution is -0.274. The summed E-state index contributed by atoms with van der Waals surface area (Å²) < 4.78 is 40.5. The molecule has 0 heterocycles. The Hall–Kier alpha value is -1.76. The van der Waals surface area contributed by atoms with Gasteiger partial charge in [-0.1, -0.05) is 18.2 Å². The maximum absolute atomic E-state index is 12.2. The molecule has 3 N–H and O–H groups in total. The van der Waals surface area contributed by atoms with Gasteiger partial charge < -0.3 is 15.8 Å². The second kappa shape index (κ2) is 7.14. The number of amides is 1. The van der Waals surface area contributed by atoms with Gasteiger partial charge in [-0.3, -0.25) is 4.79 Å². The number of para-hydroxylation sites is 1. The zero-order valence-corrected chi connectivity index (χ0v) is 11.0. The molecule has 0 fully saturated rings. The van der Waals surface area contributed by atoms with Crippen molar-refractivity contribution in [2.45, 2.75) is 38.7 Å². The van der Waals surface area contributed by atoms with E-state index in [1.807, 2.05) is 0 Å². The molecule has 0 spiro atoms. The Labute approximate surface area is 115 Å². The first-order valence-corrected chi connectivity index (χ1v) is 6.14. The Kier molecular flexibility index (Phi) is 5.82. The SMILES string of the molecule is CC(N)CCC(=O)NCc1ccccc1OC(F)(F)F. The molecule has 0 aliphatic heterocycles. The number of rotatable bonds is 6. The smallest absolute Gasteiger partial charge is 0.405 e. The molecule has 0 saturated carbocycles. The van der Waals surface area contributed by atoms with Gasteiger partial charge in [0.2, 0.25) is 5.91 Å². The van der Waals surface area contributed by atoms with Crippen molar-refractivity contribution in [2.75, 3.05) is 0 Å². The van der Waals surface area contributed by atoms with E-state index in [1.54, 1.807) is 13.0 Å². The molecule has 1 unspecified atom stereocenters. The number of alkyl halides is 3. The van der Waals surface area contributed by atoms with Crippen molar-refractivity contribution in [1.82, 2.24) is 5.32 Å². The van der Waals surface area contributed by atoms with E-state index < -0.39 is 6.36 Å². The van der Waals surface area contributed by atoms with E-state index >= 15 is 0 Å². The van der Waals surface area contributed by atoms with E-state index in [0.717, 1.165) is 0 Å². The van der Waals surface area contributed by atoms with Crippen LogP contribution in [-0.2, 0) is 11.3 Å². The van der Waals surface area contributed by atoms with Crippen molar-refractivity contribution >= 4 is 5.91 Å². The summed E-state index contributed by atoms with van der Waals surface area (Å²) in [7, 11) is 0. The Morgan fingerprint density at radius 1 is 1.40 bits per heavy atom. The summed E-state index contributed by atoms with van der Waals surface area (Å²) in [6.45, 7) is 1.75. The van der Waals surface area contributed by atoms with E-state index in [0.29, 0.717) is 6.42 Å². The summed E-state index contributed by atoms with van der Waals surface area (Å²) in [6, 6.07) is 5.58. The van der Waals surface area contributed by atoms with Crippen molar-refractivity contribution in [3.8, 4) is 5.75 Å². The number of carbonyl (C=O) groups excluding carboxylic acids is 1. The molecule has 0 aromatic heterocycles. The van der Waals surface area contributed by atoms with E-state index in [2.05, 4.69) is 10.1 Å². The molecule has 1 aromatic carbocycles. The molecule has 112 valence electrons. The van der Waals surface area contributed by atoms with Crippen LogP contribution in [0.1, 0.15) is 25.3 Å². The highest BCUT2D eigenvalue weighted by molar-refractivity contribution is 5.75. The molecular weight excluding hydrogens is 273 g/mol. The number of nitrogens with two attached hydrogens (primary N) is 1. The number of hydrogen-bond donors (Lipinski definition) is 2. The molecule has 4 nitrogen and oxygen atoms in total. The van der Waals surface area contributed by atoms with Crippen LogP contribution in [0.3, 0.4) is 0 Å². The average Bonchev–Trinajstić information content (AvgIpc) is 2.33. The number of ether oxygens (including phenoxy) is 1. The molecule has 0 saturated heterocycles. The highest BCUT2D eigenvalue weighted by Crippen LogP contribution is 2.26. The van der Waals surface area contributed by atoms with Crippen LogP contribution in [0, 0.1) is 0 Å². The van der Waals surface area contributed by atoms with Gasteiger partial charge in [-0.15, -0.1) is 13.2 Å². The summed E-state index contributed by atoms with van der Waals surface area (Å²) >= 11 is 0. The summed E-state index contributed by atoms with van der Waals surface area (Å²) in [5, 5.41) is 2.54. The van der Waals surface area contributed by atoms with Crippen molar-refractivity contribution in [2.24, 2.45) is 5.73 Å². The van der Waals surface area contributed by atoms with Crippen LogP contribution in [0.2, 0.25) is 0 Å². The van der Waals surface area contributed by atoms with Crippen LogP contribution in [0.5, 0.6) is 5.75 Å². The van der Waals surface area contributed by atoms with Gasteiger partial charge in [0.15, 0.2) is 0 Å². The van der Waals surface area contributed by atoms with Crippen molar-refractivity contribution in [3.63, 3.8) is 0 Å². The van der Waals surface area contributed by atoms with E-state index in [-0.39, 0.29) is 36.2 Å². The molecule has 1 aromatic rings. The lowest BCUT2D eigenvalue weighted by Gasteiger charge is -2.13. The normalized spacial score (nSPS) is 12.8. The maximum Gasteiger partial charge on any atom is 0.573 e. The minimum absolute atomic E-state index is 0.0238. The van der Waals surface area contributed by atoms with Crippen LogP contribution in [-0.4, -0.2) is 18.3 Å². The molecule has 0 aliphatic rings. The first kappa shape index (κ1) is 16.3. The molecule has 1 rings (SSSR count). The van der Waals surface area contributed by atoms with E-state index in [4.69, 9.17) is 5.73 Å². The molecule has 7 heteroatoms. The van der Waals surface area contributed by atoms with Crippen LogP contribution in [0.25, 0.3) is 0 Å². The second-order valence-corrected chi connectivity index (χ2v) is 4.45. The summed E-state index contributed by atoms with van der Waals surface area (Å²) in [5.74, 6) is -0.573. The first-order valence-electron chi connectivity index (χ1n) is 6.14. The molecule has 0 radical (unpaired) electrons. The Morgan fingerprint density at radius 2 is 2.05 bits per heavy atom. The summed E-state index contributed by atoms with van der Waals surface area (Å²) in [6.07, 6.45) is -4.00. The lowest BCUT2D eigenvalue weighted by atomic mass is 10.1. The third-order valence-corrected chi connectivity index (χ3v) is 2.50. The lowest BCUT2D eigenvalue weighted by Crippen LogP contribution is -2.26. The van der Waals surface area contributed by atoms with Gasteiger partial charge in [0, 0.05) is 24.6 Å². The Bertz CT molecular complexity index is 447. The fourth-order valence-electron chi connectivity index (χ4n) is 1.52. The van der Waals surface area contributed by atoms with E-state index in [1.165, 1.54) is 18.2 Å². The average molecular weight is 290 g/mol. The topological polar surface area (TPSA) is 64.4 Å². The fourth-order valence-corrected chi connectivity index (χ4v) is 1.52. The van der Waals surface area contributed by atoms with Gasteiger partial charge in [0.05, 0.1) is 0 Å². The minimum atomic E-state index is -4.75.